The highest BCUT2D eigenvalue weighted by Crippen LogP contribution is 2.21. The predicted octanol–water partition coefficient (Wildman–Crippen LogP) is 2.20. The molecule has 4 nitrogen and oxygen atoms in total. The summed E-state index contributed by atoms with van der Waals surface area (Å²) in [4.78, 5) is 16.7. The SMILES string of the molecule is CCC1CN(C(=O)c2ccc(Br)cc2N)CCN1C. The summed E-state index contributed by atoms with van der Waals surface area (Å²) in [7, 11) is 2.12. The number of hydrogen-bond acceptors (Lipinski definition) is 3. The number of hydrogen-bond donors (Lipinski definition) is 1. The quantitative estimate of drug-likeness (QED) is 0.848. The van der Waals surface area contributed by atoms with Crippen molar-refractivity contribution >= 4 is 27.5 Å². The molecule has 104 valence electrons. The van der Waals surface area contributed by atoms with Crippen molar-refractivity contribution in [3.8, 4) is 0 Å². The van der Waals surface area contributed by atoms with E-state index >= 15 is 0 Å². The zero-order valence-electron chi connectivity index (χ0n) is 11.4. The molecule has 1 aromatic carbocycles. The van der Waals surface area contributed by atoms with E-state index in [0.717, 1.165) is 30.5 Å². The Hall–Kier alpha value is -1.07. The fraction of sp³-hybridized carbons (Fsp3) is 0.500. The van der Waals surface area contributed by atoms with E-state index in [9.17, 15) is 4.79 Å². The van der Waals surface area contributed by atoms with E-state index in [2.05, 4.69) is 34.8 Å². The average molecular weight is 326 g/mol. The topological polar surface area (TPSA) is 49.6 Å². The highest BCUT2D eigenvalue weighted by Gasteiger charge is 2.27. The molecule has 0 aliphatic carbocycles. The lowest BCUT2D eigenvalue weighted by Crippen LogP contribution is -2.53. The lowest BCUT2D eigenvalue weighted by Gasteiger charge is -2.39. The predicted molar refractivity (Wildman–Crippen MR) is 81.2 cm³/mol. The molecular weight excluding hydrogens is 306 g/mol. The van der Waals surface area contributed by atoms with Gasteiger partial charge in [-0.3, -0.25) is 9.69 Å². The summed E-state index contributed by atoms with van der Waals surface area (Å²) in [5.41, 5.74) is 7.07. The lowest BCUT2D eigenvalue weighted by atomic mass is 10.1. The molecule has 0 aromatic heterocycles. The number of piperazine rings is 1. The Balaban J connectivity index is 2.15. The average Bonchev–Trinajstić information content (AvgIpc) is 2.38. The molecule has 1 aliphatic rings. The summed E-state index contributed by atoms with van der Waals surface area (Å²) in [6, 6.07) is 5.87. The number of anilines is 1. The monoisotopic (exact) mass is 325 g/mol. The third kappa shape index (κ3) is 3.09. The van der Waals surface area contributed by atoms with Gasteiger partial charge >= 0.3 is 0 Å². The molecule has 0 bridgehead atoms. The number of carbonyl (C=O) groups excluding carboxylic acids is 1. The van der Waals surface area contributed by atoms with Crippen molar-refractivity contribution < 1.29 is 4.79 Å². The highest BCUT2D eigenvalue weighted by molar-refractivity contribution is 9.10. The zero-order chi connectivity index (χ0) is 14.0. The molecule has 0 saturated carbocycles. The molecule has 1 heterocycles. The van der Waals surface area contributed by atoms with Crippen molar-refractivity contribution in [1.82, 2.24) is 9.80 Å². The van der Waals surface area contributed by atoms with E-state index in [-0.39, 0.29) is 5.91 Å². The van der Waals surface area contributed by atoms with Crippen LogP contribution in [0, 0.1) is 0 Å². The second-order valence-electron chi connectivity index (χ2n) is 5.03. The van der Waals surface area contributed by atoms with Crippen molar-refractivity contribution in [2.24, 2.45) is 0 Å². The van der Waals surface area contributed by atoms with Gasteiger partial charge in [-0.1, -0.05) is 22.9 Å². The number of likely N-dealkylation sites (N-methyl/N-ethyl adjacent to an activating group) is 1. The molecule has 1 atom stereocenters. The van der Waals surface area contributed by atoms with Gasteiger partial charge in [0.05, 0.1) is 5.56 Å². The summed E-state index contributed by atoms with van der Waals surface area (Å²) in [5, 5.41) is 0. The Labute approximate surface area is 122 Å². The van der Waals surface area contributed by atoms with E-state index in [1.165, 1.54) is 0 Å². The van der Waals surface area contributed by atoms with Gasteiger partial charge in [0.15, 0.2) is 0 Å². The first-order chi connectivity index (χ1) is 9.02. The molecule has 1 fully saturated rings. The molecule has 1 aromatic rings. The van der Waals surface area contributed by atoms with Gasteiger partial charge in [0.1, 0.15) is 0 Å². The first-order valence-corrected chi connectivity index (χ1v) is 7.36. The van der Waals surface area contributed by atoms with Gasteiger partial charge in [0, 0.05) is 35.8 Å². The summed E-state index contributed by atoms with van der Waals surface area (Å²) in [5.74, 6) is 0.0385. The summed E-state index contributed by atoms with van der Waals surface area (Å²) < 4.78 is 0.895. The van der Waals surface area contributed by atoms with Gasteiger partial charge in [-0.25, -0.2) is 0 Å². The van der Waals surface area contributed by atoms with Gasteiger partial charge in [-0.2, -0.15) is 0 Å². The van der Waals surface area contributed by atoms with Crippen molar-refractivity contribution in [2.75, 3.05) is 32.4 Å². The molecule has 1 aliphatic heterocycles. The minimum absolute atomic E-state index is 0.0385. The van der Waals surface area contributed by atoms with Crippen LogP contribution in [0.1, 0.15) is 23.7 Å². The number of benzene rings is 1. The Morgan fingerprint density at radius 1 is 1.47 bits per heavy atom. The second-order valence-corrected chi connectivity index (χ2v) is 5.94. The molecule has 0 radical (unpaired) electrons. The third-order valence-electron chi connectivity index (χ3n) is 3.78. The van der Waals surface area contributed by atoms with E-state index in [4.69, 9.17) is 5.73 Å². The largest absolute Gasteiger partial charge is 0.398 e. The molecule has 2 N–H and O–H groups in total. The van der Waals surface area contributed by atoms with Crippen molar-refractivity contribution in [3.05, 3.63) is 28.2 Å². The van der Waals surface area contributed by atoms with Crippen molar-refractivity contribution in [2.45, 2.75) is 19.4 Å². The zero-order valence-corrected chi connectivity index (χ0v) is 13.0. The van der Waals surface area contributed by atoms with Crippen LogP contribution >= 0.6 is 15.9 Å². The van der Waals surface area contributed by atoms with Gasteiger partial charge in [-0.05, 0) is 31.7 Å². The van der Waals surface area contributed by atoms with Crippen LogP contribution in [0.3, 0.4) is 0 Å². The smallest absolute Gasteiger partial charge is 0.256 e. The molecular formula is C14H20BrN3O. The van der Waals surface area contributed by atoms with Crippen LogP contribution in [0.4, 0.5) is 5.69 Å². The van der Waals surface area contributed by atoms with Crippen molar-refractivity contribution in [1.29, 1.82) is 0 Å². The normalized spacial score (nSPS) is 20.6. The Morgan fingerprint density at radius 2 is 2.21 bits per heavy atom. The van der Waals surface area contributed by atoms with Crippen molar-refractivity contribution in [3.63, 3.8) is 0 Å². The Morgan fingerprint density at radius 3 is 2.84 bits per heavy atom. The molecule has 5 heteroatoms. The number of nitrogens with two attached hydrogens (primary N) is 1. The number of halogens is 1. The summed E-state index contributed by atoms with van der Waals surface area (Å²) in [6.07, 6.45) is 1.05. The minimum Gasteiger partial charge on any atom is -0.398 e. The van der Waals surface area contributed by atoms with Crippen LogP contribution in [0.2, 0.25) is 0 Å². The highest BCUT2D eigenvalue weighted by atomic mass is 79.9. The standard InChI is InChI=1S/C14H20BrN3O/c1-3-11-9-18(7-6-17(11)2)14(19)12-5-4-10(15)8-13(12)16/h4-5,8,11H,3,6-7,9,16H2,1-2H3. The van der Waals surface area contributed by atoms with Crippen LogP contribution in [0.5, 0.6) is 0 Å². The fourth-order valence-corrected chi connectivity index (χ4v) is 2.85. The van der Waals surface area contributed by atoms with E-state index in [1.807, 2.05) is 11.0 Å². The maximum absolute atomic E-state index is 12.5. The van der Waals surface area contributed by atoms with Crippen LogP contribution in [0.15, 0.2) is 22.7 Å². The molecule has 1 amide bonds. The number of nitrogens with zero attached hydrogens (tertiary/aromatic N) is 2. The molecule has 2 rings (SSSR count). The van der Waals surface area contributed by atoms with Crippen LogP contribution < -0.4 is 5.73 Å². The van der Waals surface area contributed by atoms with Crippen LogP contribution in [-0.4, -0.2) is 48.4 Å². The number of carbonyl (C=O) groups is 1. The molecule has 1 unspecified atom stereocenters. The third-order valence-corrected chi connectivity index (χ3v) is 4.27. The lowest BCUT2D eigenvalue weighted by molar-refractivity contribution is 0.0543. The van der Waals surface area contributed by atoms with Gasteiger partial charge in [0.25, 0.3) is 5.91 Å². The molecule has 19 heavy (non-hydrogen) atoms. The molecule has 1 saturated heterocycles. The second kappa shape index (κ2) is 5.92. The maximum atomic E-state index is 12.5. The van der Waals surface area contributed by atoms with Gasteiger partial charge in [0.2, 0.25) is 0 Å². The van der Waals surface area contributed by atoms with Gasteiger partial charge < -0.3 is 10.6 Å². The minimum atomic E-state index is 0.0385. The van der Waals surface area contributed by atoms with Gasteiger partial charge in [-0.15, -0.1) is 0 Å². The first kappa shape index (κ1) is 14.3. The van der Waals surface area contributed by atoms with E-state index < -0.39 is 0 Å². The van der Waals surface area contributed by atoms with E-state index in [1.54, 1.807) is 12.1 Å². The number of amides is 1. The fourth-order valence-electron chi connectivity index (χ4n) is 2.47. The Bertz CT molecular complexity index is 478. The summed E-state index contributed by atoms with van der Waals surface area (Å²) in [6.45, 7) is 4.62. The van der Waals surface area contributed by atoms with Crippen LogP contribution in [-0.2, 0) is 0 Å². The number of nitrogen functional groups attached to an aromatic ring is 1. The van der Waals surface area contributed by atoms with Crippen LogP contribution in [0.25, 0.3) is 0 Å². The van der Waals surface area contributed by atoms with E-state index in [0.29, 0.717) is 17.3 Å². The first-order valence-electron chi connectivity index (χ1n) is 6.57. The maximum Gasteiger partial charge on any atom is 0.256 e. The number of rotatable bonds is 2. The summed E-state index contributed by atoms with van der Waals surface area (Å²) >= 11 is 3.36. The molecule has 0 spiro atoms. The Kier molecular flexibility index (Phi) is 4.47.